The van der Waals surface area contributed by atoms with Crippen molar-refractivity contribution in [1.29, 1.82) is 0 Å². The van der Waals surface area contributed by atoms with Crippen LogP contribution in [0, 0.1) is 5.82 Å². The fraction of sp³-hybridized carbons (Fsp3) is 0.125. The van der Waals surface area contributed by atoms with E-state index >= 15 is 0 Å². The summed E-state index contributed by atoms with van der Waals surface area (Å²) < 4.78 is 37.7. The lowest BCUT2D eigenvalue weighted by atomic mass is 10.2. The van der Waals surface area contributed by atoms with Gasteiger partial charge in [-0.05, 0) is 36.8 Å². The topological polar surface area (TPSA) is 63.2 Å². The summed E-state index contributed by atoms with van der Waals surface area (Å²) in [7, 11) is -2.78. The highest BCUT2D eigenvalue weighted by Crippen LogP contribution is 2.17. The maximum absolute atomic E-state index is 13.1. The molecule has 1 aromatic rings. The van der Waals surface area contributed by atoms with Crippen molar-refractivity contribution in [3.8, 4) is 0 Å². The summed E-state index contributed by atoms with van der Waals surface area (Å²) in [4.78, 5) is 10.2. The van der Waals surface area contributed by atoms with Crippen LogP contribution in [0.25, 0.3) is 0 Å². The molecule has 0 saturated carbocycles. The van der Waals surface area contributed by atoms with Crippen LogP contribution in [0.4, 0.5) is 4.39 Å². The molecule has 0 atom stereocenters. The third-order valence-corrected chi connectivity index (χ3v) is 3.36. The lowest BCUT2D eigenvalue weighted by Gasteiger charge is -2.04. The second kappa shape index (κ2) is 4.26. The van der Waals surface area contributed by atoms with Crippen LogP contribution < -0.4 is 4.72 Å². The van der Waals surface area contributed by atoms with Crippen molar-refractivity contribution >= 4 is 26.9 Å². The molecule has 0 aromatic heterocycles. The van der Waals surface area contributed by atoms with Gasteiger partial charge in [-0.15, -0.1) is 0 Å². The number of carbonyl (C=O) groups excluding carboxylic acids is 1. The number of hydrogen-bond donors (Lipinski definition) is 1. The van der Waals surface area contributed by atoms with E-state index in [4.69, 9.17) is 11.6 Å². The van der Waals surface area contributed by atoms with Crippen molar-refractivity contribution in [2.75, 3.05) is 7.05 Å². The number of hydrogen-bond acceptors (Lipinski definition) is 3. The fourth-order valence-corrected chi connectivity index (χ4v) is 1.89. The van der Waals surface area contributed by atoms with Gasteiger partial charge in [0.05, 0.1) is 0 Å². The van der Waals surface area contributed by atoms with Crippen LogP contribution in [-0.2, 0) is 10.0 Å². The molecule has 0 radical (unpaired) electrons. The Hall–Kier alpha value is -0.980. The number of benzene rings is 1. The van der Waals surface area contributed by atoms with Gasteiger partial charge in [-0.2, -0.15) is 0 Å². The van der Waals surface area contributed by atoms with E-state index in [1.165, 1.54) is 0 Å². The van der Waals surface area contributed by atoms with Crippen LogP contribution in [0.3, 0.4) is 0 Å². The Morgan fingerprint density at radius 3 is 2.53 bits per heavy atom. The Morgan fingerprint density at radius 1 is 1.47 bits per heavy atom. The summed E-state index contributed by atoms with van der Waals surface area (Å²) in [5, 5.41) is -0.845. The molecule has 1 rings (SSSR count). The van der Waals surface area contributed by atoms with Crippen molar-refractivity contribution in [3.63, 3.8) is 0 Å². The third kappa shape index (κ3) is 2.53. The molecule has 7 heteroatoms. The molecule has 0 aliphatic heterocycles. The van der Waals surface area contributed by atoms with Crippen LogP contribution in [0.5, 0.6) is 0 Å². The normalized spacial score (nSPS) is 11.4. The van der Waals surface area contributed by atoms with E-state index in [-0.39, 0.29) is 5.56 Å². The predicted molar refractivity (Wildman–Crippen MR) is 52.8 cm³/mol. The van der Waals surface area contributed by atoms with Crippen LogP contribution in [-0.4, -0.2) is 20.7 Å². The van der Waals surface area contributed by atoms with Crippen LogP contribution in [0.1, 0.15) is 10.4 Å². The van der Waals surface area contributed by atoms with Gasteiger partial charge in [0, 0.05) is 5.56 Å². The van der Waals surface area contributed by atoms with E-state index in [1.807, 2.05) is 4.72 Å². The van der Waals surface area contributed by atoms with Crippen molar-refractivity contribution in [3.05, 3.63) is 29.6 Å². The fourth-order valence-electron chi connectivity index (χ4n) is 0.942. The monoisotopic (exact) mass is 251 g/mol. The van der Waals surface area contributed by atoms with E-state index in [1.54, 1.807) is 0 Å². The molecule has 0 heterocycles. The zero-order chi connectivity index (χ0) is 11.6. The van der Waals surface area contributed by atoms with E-state index in [0.717, 1.165) is 25.2 Å². The zero-order valence-electron chi connectivity index (χ0n) is 7.62. The SMILES string of the molecule is CNS(=O)(=O)c1cc(C(=O)Cl)ccc1F. The molecule has 0 amide bonds. The molecule has 0 saturated heterocycles. The van der Waals surface area contributed by atoms with Gasteiger partial charge < -0.3 is 0 Å². The maximum Gasteiger partial charge on any atom is 0.252 e. The average molecular weight is 252 g/mol. The first-order valence-electron chi connectivity index (χ1n) is 3.81. The Kier molecular flexibility index (Phi) is 3.43. The van der Waals surface area contributed by atoms with Crippen LogP contribution in [0.15, 0.2) is 23.1 Å². The third-order valence-electron chi connectivity index (χ3n) is 1.72. The van der Waals surface area contributed by atoms with Gasteiger partial charge >= 0.3 is 0 Å². The quantitative estimate of drug-likeness (QED) is 0.819. The lowest BCUT2D eigenvalue weighted by molar-refractivity contribution is 0.108. The van der Waals surface area contributed by atoms with Gasteiger partial charge in [0.25, 0.3) is 5.24 Å². The number of sulfonamides is 1. The number of rotatable bonds is 3. The first-order valence-corrected chi connectivity index (χ1v) is 5.67. The highest BCUT2D eigenvalue weighted by Gasteiger charge is 2.18. The number of halogens is 2. The molecule has 1 aromatic carbocycles. The van der Waals surface area contributed by atoms with Gasteiger partial charge in [-0.25, -0.2) is 17.5 Å². The molecule has 0 spiro atoms. The molecule has 0 aliphatic rings. The average Bonchev–Trinajstić information content (AvgIpc) is 2.17. The molecule has 0 unspecified atom stereocenters. The highest BCUT2D eigenvalue weighted by atomic mass is 35.5. The Bertz CT molecular complexity index is 501. The summed E-state index contributed by atoms with van der Waals surface area (Å²) >= 11 is 5.14. The molecule has 15 heavy (non-hydrogen) atoms. The van der Waals surface area contributed by atoms with Crippen molar-refractivity contribution in [2.24, 2.45) is 0 Å². The van der Waals surface area contributed by atoms with E-state index in [9.17, 15) is 17.6 Å². The van der Waals surface area contributed by atoms with Crippen molar-refractivity contribution in [1.82, 2.24) is 4.72 Å². The van der Waals surface area contributed by atoms with Crippen molar-refractivity contribution < 1.29 is 17.6 Å². The smallest absolute Gasteiger partial charge is 0.252 e. The van der Waals surface area contributed by atoms with E-state index in [0.29, 0.717) is 0 Å². The first kappa shape index (κ1) is 12.1. The molecule has 0 aliphatic carbocycles. The van der Waals surface area contributed by atoms with Gasteiger partial charge in [-0.1, -0.05) is 0 Å². The van der Waals surface area contributed by atoms with E-state index < -0.39 is 26.0 Å². The summed E-state index contributed by atoms with van der Waals surface area (Å²) in [6.07, 6.45) is 0. The Morgan fingerprint density at radius 2 is 2.07 bits per heavy atom. The summed E-state index contributed by atoms with van der Waals surface area (Å²) in [6, 6.07) is 2.87. The highest BCUT2D eigenvalue weighted by molar-refractivity contribution is 7.89. The largest absolute Gasteiger partial charge is 0.276 e. The first-order chi connectivity index (χ1) is 6.88. The van der Waals surface area contributed by atoms with Gasteiger partial charge in [0.2, 0.25) is 10.0 Å². The molecular weight excluding hydrogens is 245 g/mol. The molecule has 0 fully saturated rings. The minimum atomic E-state index is -3.92. The standard InChI is InChI=1S/C8H7ClFNO3S/c1-11-15(13,14)7-4-5(8(9)12)2-3-6(7)10/h2-4,11H,1H3. The molecule has 1 N–H and O–H groups in total. The summed E-state index contributed by atoms with van der Waals surface area (Å²) in [6.45, 7) is 0. The molecule has 0 bridgehead atoms. The van der Waals surface area contributed by atoms with Crippen LogP contribution in [0.2, 0.25) is 0 Å². The molecular formula is C8H7ClFNO3S. The zero-order valence-corrected chi connectivity index (χ0v) is 9.19. The van der Waals surface area contributed by atoms with Crippen LogP contribution >= 0.6 is 11.6 Å². The molecule has 4 nitrogen and oxygen atoms in total. The Balaban J connectivity index is 3.42. The molecule has 82 valence electrons. The van der Waals surface area contributed by atoms with Gasteiger partial charge in [0.15, 0.2) is 0 Å². The summed E-state index contributed by atoms with van der Waals surface area (Å²) in [5.41, 5.74) is -0.0770. The van der Waals surface area contributed by atoms with E-state index in [2.05, 4.69) is 0 Å². The number of carbonyl (C=O) groups is 1. The second-order valence-electron chi connectivity index (χ2n) is 2.63. The number of nitrogens with one attached hydrogen (secondary N) is 1. The minimum Gasteiger partial charge on any atom is -0.276 e. The second-order valence-corrected chi connectivity index (χ2v) is 4.82. The van der Waals surface area contributed by atoms with Gasteiger partial charge in [-0.3, -0.25) is 4.79 Å². The lowest BCUT2D eigenvalue weighted by Crippen LogP contribution is -2.20. The summed E-state index contributed by atoms with van der Waals surface area (Å²) in [5.74, 6) is -0.939. The predicted octanol–water partition coefficient (Wildman–Crippen LogP) is 1.11. The maximum atomic E-state index is 13.1. The van der Waals surface area contributed by atoms with Gasteiger partial charge in [0.1, 0.15) is 10.7 Å². The Labute approximate surface area is 91.1 Å². The minimum absolute atomic E-state index is 0.0770. The van der Waals surface area contributed by atoms with Crippen molar-refractivity contribution in [2.45, 2.75) is 4.90 Å².